The van der Waals surface area contributed by atoms with Gasteiger partial charge in [-0.15, -0.1) is 11.3 Å². The summed E-state index contributed by atoms with van der Waals surface area (Å²) in [6.45, 7) is 3.76. The van der Waals surface area contributed by atoms with Gasteiger partial charge in [-0.05, 0) is 29.8 Å². The van der Waals surface area contributed by atoms with Gasteiger partial charge in [0.15, 0.2) is 5.78 Å². The predicted molar refractivity (Wildman–Crippen MR) is 69.0 cm³/mol. The standard InChI is InChI=1S/C13H15NOS/c1-8(9(2)14)12(15)11-5-3-4-10-6-7-16-13(10)11/h3-9H,14H2,1-2H3. The highest BCUT2D eigenvalue weighted by atomic mass is 32.1. The van der Waals surface area contributed by atoms with E-state index in [1.807, 2.05) is 43.5 Å². The van der Waals surface area contributed by atoms with Crippen LogP contribution in [0, 0.1) is 5.92 Å². The first kappa shape index (κ1) is 11.3. The van der Waals surface area contributed by atoms with Gasteiger partial charge < -0.3 is 5.73 Å². The summed E-state index contributed by atoms with van der Waals surface area (Å²) >= 11 is 1.61. The first-order chi connectivity index (χ1) is 7.61. The molecule has 0 amide bonds. The van der Waals surface area contributed by atoms with Crippen molar-refractivity contribution in [3.8, 4) is 0 Å². The quantitative estimate of drug-likeness (QED) is 0.828. The Kier molecular flexibility index (Phi) is 3.08. The molecule has 84 valence electrons. The van der Waals surface area contributed by atoms with Crippen LogP contribution in [0.5, 0.6) is 0 Å². The van der Waals surface area contributed by atoms with Crippen LogP contribution in [-0.2, 0) is 0 Å². The number of rotatable bonds is 3. The number of ketones is 1. The first-order valence-corrected chi connectivity index (χ1v) is 6.25. The summed E-state index contributed by atoms with van der Waals surface area (Å²) in [6, 6.07) is 7.77. The van der Waals surface area contributed by atoms with Crippen molar-refractivity contribution >= 4 is 27.2 Å². The molecular formula is C13H15NOS. The molecule has 0 aliphatic rings. The van der Waals surface area contributed by atoms with Gasteiger partial charge in [0.25, 0.3) is 0 Å². The topological polar surface area (TPSA) is 43.1 Å². The van der Waals surface area contributed by atoms with Crippen molar-refractivity contribution in [2.24, 2.45) is 11.7 Å². The minimum absolute atomic E-state index is 0.109. The first-order valence-electron chi connectivity index (χ1n) is 5.37. The molecule has 16 heavy (non-hydrogen) atoms. The van der Waals surface area contributed by atoms with Crippen LogP contribution >= 0.6 is 11.3 Å². The fourth-order valence-electron chi connectivity index (χ4n) is 1.67. The zero-order chi connectivity index (χ0) is 11.7. The molecule has 2 nitrogen and oxygen atoms in total. The van der Waals surface area contributed by atoms with Crippen LogP contribution in [0.25, 0.3) is 10.1 Å². The van der Waals surface area contributed by atoms with Crippen molar-refractivity contribution in [1.82, 2.24) is 0 Å². The van der Waals surface area contributed by atoms with Gasteiger partial charge in [-0.25, -0.2) is 0 Å². The molecule has 2 rings (SSSR count). The van der Waals surface area contributed by atoms with Crippen molar-refractivity contribution in [1.29, 1.82) is 0 Å². The molecule has 2 N–H and O–H groups in total. The Balaban J connectivity index is 2.47. The van der Waals surface area contributed by atoms with Crippen molar-refractivity contribution in [2.75, 3.05) is 0 Å². The highest BCUT2D eigenvalue weighted by molar-refractivity contribution is 7.17. The number of hydrogen-bond donors (Lipinski definition) is 1. The molecule has 0 saturated heterocycles. The van der Waals surface area contributed by atoms with E-state index in [0.717, 1.165) is 15.6 Å². The lowest BCUT2D eigenvalue weighted by molar-refractivity contribution is 0.0919. The molecule has 2 aromatic rings. The van der Waals surface area contributed by atoms with Crippen molar-refractivity contribution in [3.63, 3.8) is 0 Å². The summed E-state index contributed by atoms with van der Waals surface area (Å²) in [5.74, 6) is 0.00995. The normalized spacial score (nSPS) is 14.9. The maximum absolute atomic E-state index is 12.2. The lowest BCUT2D eigenvalue weighted by Gasteiger charge is -2.14. The molecule has 0 radical (unpaired) electrons. The highest BCUT2D eigenvalue weighted by Crippen LogP contribution is 2.26. The van der Waals surface area contributed by atoms with Crippen LogP contribution in [0.2, 0.25) is 0 Å². The molecule has 3 heteroatoms. The number of thiophene rings is 1. The Bertz CT molecular complexity index is 515. The number of nitrogens with two attached hydrogens (primary N) is 1. The second kappa shape index (κ2) is 4.36. The van der Waals surface area contributed by atoms with Crippen LogP contribution in [0.15, 0.2) is 29.6 Å². The molecule has 1 aromatic heterocycles. The average Bonchev–Trinajstić information content (AvgIpc) is 2.74. The van der Waals surface area contributed by atoms with Gasteiger partial charge in [-0.2, -0.15) is 0 Å². The third-order valence-corrected chi connectivity index (χ3v) is 3.91. The molecule has 1 heterocycles. The summed E-state index contributed by atoms with van der Waals surface area (Å²) in [6.07, 6.45) is 0. The van der Waals surface area contributed by atoms with Gasteiger partial charge in [0, 0.05) is 22.2 Å². The number of benzene rings is 1. The maximum Gasteiger partial charge on any atom is 0.168 e. The molecule has 0 spiro atoms. The lowest BCUT2D eigenvalue weighted by Crippen LogP contribution is -2.30. The summed E-state index contributed by atoms with van der Waals surface area (Å²) in [7, 11) is 0. The van der Waals surface area contributed by atoms with E-state index in [-0.39, 0.29) is 17.7 Å². The Morgan fingerprint density at radius 1 is 1.31 bits per heavy atom. The minimum Gasteiger partial charge on any atom is -0.327 e. The molecule has 2 unspecified atom stereocenters. The minimum atomic E-state index is -0.132. The van der Waals surface area contributed by atoms with E-state index in [4.69, 9.17) is 5.73 Å². The molecule has 0 bridgehead atoms. The fraction of sp³-hybridized carbons (Fsp3) is 0.308. The molecule has 2 atom stereocenters. The van der Waals surface area contributed by atoms with Crippen LogP contribution in [0.1, 0.15) is 24.2 Å². The van der Waals surface area contributed by atoms with E-state index >= 15 is 0 Å². The van der Waals surface area contributed by atoms with E-state index in [0.29, 0.717) is 0 Å². The highest BCUT2D eigenvalue weighted by Gasteiger charge is 2.20. The number of hydrogen-bond acceptors (Lipinski definition) is 3. The maximum atomic E-state index is 12.2. The summed E-state index contributed by atoms with van der Waals surface area (Å²) < 4.78 is 1.07. The summed E-state index contributed by atoms with van der Waals surface area (Å²) in [4.78, 5) is 12.2. The summed E-state index contributed by atoms with van der Waals surface area (Å²) in [5, 5.41) is 3.14. The van der Waals surface area contributed by atoms with Crippen LogP contribution in [-0.4, -0.2) is 11.8 Å². The largest absolute Gasteiger partial charge is 0.327 e. The third kappa shape index (κ3) is 1.88. The summed E-state index contributed by atoms with van der Waals surface area (Å²) in [5.41, 5.74) is 6.58. The van der Waals surface area contributed by atoms with Gasteiger partial charge in [0.1, 0.15) is 0 Å². The Morgan fingerprint density at radius 2 is 2.06 bits per heavy atom. The van der Waals surface area contributed by atoms with E-state index in [9.17, 15) is 4.79 Å². The van der Waals surface area contributed by atoms with E-state index < -0.39 is 0 Å². The fourth-order valence-corrected chi connectivity index (χ4v) is 2.59. The second-order valence-electron chi connectivity index (χ2n) is 4.16. The van der Waals surface area contributed by atoms with Gasteiger partial charge >= 0.3 is 0 Å². The molecule has 0 saturated carbocycles. The SMILES string of the molecule is CC(N)C(C)C(=O)c1cccc2ccsc12. The van der Waals surface area contributed by atoms with Gasteiger partial charge in [0.2, 0.25) is 0 Å². The Hall–Kier alpha value is -1.19. The van der Waals surface area contributed by atoms with Crippen molar-refractivity contribution in [2.45, 2.75) is 19.9 Å². The number of carbonyl (C=O) groups excluding carboxylic acids is 1. The Labute approximate surface area is 99.1 Å². The van der Waals surface area contributed by atoms with Crippen molar-refractivity contribution in [3.05, 3.63) is 35.2 Å². The third-order valence-electron chi connectivity index (χ3n) is 2.95. The smallest absolute Gasteiger partial charge is 0.168 e. The number of fused-ring (bicyclic) bond motifs is 1. The second-order valence-corrected chi connectivity index (χ2v) is 5.07. The number of Topliss-reactive ketones (excluding diaryl/α,β-unsaturated/α-hetero) is 1. The number of carbonyl (C=O) groups is 1. The molecular weight excluding hydrogens is 218 g/mol. The zero-order valence-corrected chi connectivity index (χ0v) is 10.3. The predicted octanol–water partition coefficient (Wildman–Crippen LogP) is 3.07. The van der Waals surface area contributed by atoms with Gasteiger partial charge in [-0.1, -0.05) is 19.1 Å². The lowest BCUT2D eigenvalue weighted by atomic mass is 9.93. The van der Waals surface area contributed by atoms with E-state index in [1.165, 1.54) is 0 Å². The van der Waals surface area contributed by atoms with Gasteiger partial charge in [-0.3, -0.25) is 4.79 Å². The van der Waals surface area contributed by atoms with Gasteiger partial charge in [0.05, 0.1) is 0 Å². The van der Waals surface area contributed by atoms with Crippen molar-refractivity contribution < 1.29 is 4.79 Å². The van der Waals surface area contributed by atoms with E-state index in [1.54, 1.807) is 11.3 Å². The van der Waals surface area contributed by atoms with E-state index in [2.05, 4.69) is 0 Å². The Morgan fingerprint density at radius 3 is 2.75 bits per heavy atom. The molecule has 0 fully saturated rings. The molecule has 1 aromatic carbocycles. The van der Waals surface area contributed by atoms with Crippen LogP contribution in [0.3, 0.4) is 0 Å². The zero-order valence-electron chi connectivity index (χ0n) is 9.44. The van der Waals surface area contributed by atoms with Crippen LogP contribution < -0.4 is 5.73 Å². The monoisotopic (exact) mass is 233 g/mol. The molecule has 0 aliphatic heterocycles. The van der Waals surface area contributed by atoms with Crippen LogP contribution in [0.4, 0.5) is 0 Å². The molecule has 0 aliphatic carbocycles. The average molecular weight is 233 g/mol.